The lowest BCUT2D eigenvalue weighted by atomic mass is 10.0. The maximum atomic E-state index is 9.85. The van der Waals surface area contributed by atoms with Gasteiger partial charge in [0.15, 0.2) is 0 Å². The number of nitrogens with two attached hydrogens (primary N) is 1. The molecule has 0 radical (unpaired) electrons. The fraction of sp³-hybridized carbons (Fsp3) is 0.750. The number of aliphatic hydroxyl groups is 1. The van der Waals surface area contributed by atoms with Crippen LogP contribution in [0, 0.1) is 0 Å². The van der Waals surface area contributed by atoms with Crippen LogP contribution in [0.1, 0.15) is 26.7 Å². The molecule has 0 saturated carbocycles. The lowest BCUT2D eigenvalue weighted by Gasteiger charge is -2.22. The largest absolute Gasteiger partial charge is 0.388 e. The van der Waals surface area contributed by atoms with Crippen LogP contribution in [0.2, 0.25) is 0 Å². The molecule has 14 heavy (non-hydrogen) atoms. The summed E-state index contributed by atoms with van der Waals surface area (Å²) in [5, 5.41) is 13.5. The Morgan fingerprint density at radius 2 is 2.36 bits per heavy atom. The highest BCUT2D eigenvalue weighted by Gasteiger charge is 2.19. The predicted molar refractivity (Wildman–Crippen MR) is 58.3 cm³/mol. The lowest BCUT2D eigenvalue weighted by Crippen LogP contribution is -2.33. The van der Waals surface area contributed by atoms with Gasteiger partial charge in [-0.2, -0.15) is 9.36 Å². The second kappa shape index (κ2) is 4.56. The molecule has 1 rings (SSSR count). The standard InChI is InChI=1S/C8H16N4OS/c1-3-4-8(2,13)5-10-7-11-6(9)12-14-7/h13H,3-5H2,1-2H3,(H3,9,10,11,12). The molecule has 1 aromatic rings. The van der Waals surface area contributed by atoms with E-state index < -0.39 is 5.60 Å². The molecule has 0 aromatic carbocycles. The number of nitrogens with one attached hydrogen (secondary N) is 1. The van der Waals surface area contributed by atoms with Gasteiger partial charge in [0.2, 0.25) is 11.1 Å². The molecule has 4 N–H and O–H groups in total. The third-order valence-electron chi connectivity index (χ3n) is 1.85. The maximum Gasteiger partial charge on any atom is 0.233 e. The second-order valence-corrected chi connectivity index (χ2v) is 4.31. The van der Waals surface area contributed by atoms with Crippen LogP contribution in [0.3, 0.4) is 0 Å². The zero-order chi connectivity index (χ0) is 10.6. The third-order valence-corrected chi connectivity index (χ3v) is 2.54. The quantitative estimate of drug-likeness (QED) is 0.686. The lowest BCUT2D eigenvalue weighted by molar-refractivity contribution is 0.0637. The van der Waals surface area contributed by atoms with Crippen molar-refractivity contribution in [3.05, 3.63) is 0 Å². The van der Waals surface area contributed by atoms with Crippen molar-refractivity contribution in [1.29, 1.82) is 0 Å². The van der Waals surface area contributed by atoms with Crippen molar-refractivity contribution in [2.75, 3.05) is 17.6 Å². The van der Waals surface area contributed by atoms with E-state index in [-0.39, 0.29) is 5.95 Å². The minimum absolute atomic E-state index is 0.271. The zero-order valence-electron chi connectivity index (χ0n) is 8.45. The van der Waals surface area contributed by atoms with Gasteiger partial charge >= 0.3 is 0 Å². The number of hydrogen-bond donors (Lipinski definition) is 3. The number of anilines is 2. The number of hydrogen-bond acceptors (Lipinski definition) is 6. The van der Waals surface area contributed by atoms with Crippen LogP contribution in [-0.4, -0.2) is 26.6 Å². The van der Waals surface area contributed by atoms with E-state index in [4.69, 9.17) is 5.73 Å². The average molecular weight is 216 g/mol. The Kier molecular flexibility index (Phi) is 3.65. The molecule has 0 aliphatic heterocycles. The van der Waals surface area contributed by atoms with Crippen molar-refractivity contribution in [3.63, 3.8) is 0 Å². The van der Waals surface area contributed by atoms with Crippen LogP contribution in [0.25, 0.3) is 0 Å². The van der Waals surface area contributed by atoms with Gasteiger partial charge in [0.25, 0.3) is 0 Å². The summed E-state index contributed by atoms with van der Waals surface area (Å²) in [6.45, 7) is 4.31. The molecule has 1 atom stereocenters. The van der Waals surface area contributed by atoms with Gasteiger partial charge in [-0.15, -0.1) is 0 Å². The Labute approximate surface area is 87.5 Å². The van der Waals surface area contributed by atoms with E-state index in [0.29, 0.717) is 11.7 Å². The van der Waals surface area contributed by atoms with E-state index in [1.807, 2.05) is 6.92 Å². The van der Waals surface area contributed by atoms with Crippen molar-refractivity contribution in [3.8, 4) is 0 Å². The van der Waals surface area contributed by atoms with E-state index in [9.17, 15) is 5.11 Å². The molecule has 0 spiro atoms. The molecule has 0 bridgehead atoms. The number of nitrogen functional groups attached to an aromatic ring is 1. The van der Waals surface area contributed by atoms with Crippen LogP contribution < -0.4 is 11.1 Å². The maximum absolute atomic E-state index is 9.85. The Hall–Kier alpha value is -0.880. The van der Waals surface area contributed by atoms with Gasteiger partial charge in [-0.25, -0.2) is 0 Å². The first-order valence-corrected chi connectivity index (χ1v) is 5.36. The predicted octanol–water partition coefficient (Wildman–Crippen LogP) is 1.08. The summed E-state index contributed by atoms with van der Waals surface area (Å²) in [4.78, 5) is 3.94. The highest BCUT2D eigenvalue weighted by molar-refractivity contribution is 7.09. The summed E-state index contributed by atoms with van der Waals surface area (Å²) in [6, 6.07) is 0. The smallest absolute Gasteiger partial charge is 0.233 e. The molecule has 0 amide bonds. The SMILES string of the molecule is CCCC(C)(O)CNc1nc(N)ns1. The summed E-state index contributed by atoms with van der Waals surface area (Å²) >= 11 is 1.20. The molecular weight excluding hydrogens is 200 g/mol. The number of aromatic nitrogens is 2. The van der Waals surface area contributed by atoms with Crippen LogP contribution >= 0.6 is 11.5 Å². The number of rotatable bonds is 5. The average Bonchev–Trinajstić information content (AvgIpc) is 2.48. The highest BCUT2D eigenvalue weighted by Crippen LogP contribution is 2.16. The van der Waals surface area contributed by atoms with E-state index in [0.717, 1.165) is 12.8 Å². The van der Waals surface area contributed by atoms with E-state index in [1.54, 1.807) is 6.92 Å². The van der Waals surface area contributed by atoms with Crippen molar-refractivity contribution >= 4 is 22.6 Å². The van der Waals surface area contributed by atoms with Gasteiger partial charge in [-0.05, 0) is 13.3 Å². The van der Waals surface area contributed by atoms with E-state index in [1.165, 1.54) is 11.5 Å². The molecule has 0 aliphatic rings. The fourth-order valence-electron chi connectivity index (χ4n) is 1.20. The molecule has 0 fully saturated rings. The third kappa shape index (κ3) is 3.47. The highest BCUT2D eigenvalue weighted by atomic mass is 32.1. The van der Waals surface area contributed by atoms with Crippen LogP contribution in [-0.2, 0) is 0 Å². The van der Waals surface area contributed by atoms with Crippen molar-refractivity contribution in [2.45, 2.75) is 32.3 Å². The molecule has 1 unspecified atom stereocenters. The minimum Gasteiger partial charge on any atom is -0.388 e. The Morgan fingerprint density at radius 3 is 2.86 bits per heavy atom. The van der Waals surface area contributed by atoms with Gasteiger partial charge < -0.3 is 16.2 Å². The Morgan fingerprint density at radius 1 is 1.64 bits per heavy atom. The molecule has 5 nitrogen and oxygen atoms in total. The first-order valence-electron chi connectivity index (χ1n) is 4.59. The van der Waals surface area contributed by atoms with Crippen molar-refractivity contribution in [1.82, 2.24) is 9.36 Å². The first kappa shape index (κ1) is 11.2. The fourth-order valence-corrected chi connectivity index (χ4v) is 1.69. The molecule has 1 heterocycles. The molecular formula is C8H16N4OS. The first-order chi connectivity index (χ1) is 6.53. The summed E-state index contributed by atoms with van der Waals surface area (Å²) in [5.74, 6) is 0.271. The van der Waals surface area contributed by atoms with Gasteiger partial charge in [0, 0.05) is 18.1 Å². The van der Waals surface area contributed by atoms with Gasteiger partial charge in [-0.3, -0.25) is 0 Å². The summed E-state index contributed by atoms with van der Waals surface area (Å²) < 4.78 is 3.83. The van der Waals surface area contributed by atoms with Crippen LogP contribution in [0.5, 0.6) is 0 Å². The zero-order valence-corrected chi connectivity index (χ0v) is 9.27. The van der Waals surface area contributed by atoms with Crippen LogP contribution in [0.15, 0.2) is 0 Å². The van der Waals surface area contributed by atoms with Crippen LogP contribution in [0.4, 0.5) is 11.1 Å². The molecule has 0 saturated heterocycles. The van der Waals surface area contributed by atoms with Gasteiger partial charge in [0.05, 0.1) is 5.60 Å². The van der Waals surface area contributed by atoms with Gasteiger partial charge in [-0.1, -0.05) is 13.3 Å². The molecule has 6 heteroatoms. The summed E-state index contributed by atoms with van der Waals surface area (Å²) in [7, 11) is 0. The number of nitrogens with zero attached hydrogens (tertiary/aromatic N) is 2. The van der Waals surface area contributed by atoms with Crippen molar-refractivity contribution in [2.24, 2.45) is 0 Å². The van der Waals surface area contributed by atoms with Gasteiger partial charge in [0.1, 0.15) is 0 Å². The topological polar surface area (TPSA) is 84.1 Å². The van der Waals surface area contributed by atoms with Crippen molar-refractivity contribution < 1.29 is 5.11 Å². The minimum atomic E-state index is -0.699. The molecule has 1 aromatic heterocycles. The Balaban J connectivity index is 2.40. The molecule has 80 valence electrons. The summed E-state index contributed by atoms with van der Waals surface area (Å²) in [6.07, 6.45) is 1.71. The second-order valence-electron chi connectivity index (χ2n) is 3.56. The monoisotopic (exact) mass is 216 g/mol. The normalized spacial score (nSPS) is 15.1. The molecule has 0 aliphatic carbocycles. The Bertz CT molecular complexity index is 287. The van der Waals surface area contributed by atoms with E-state index >= 15 is 0 Å². The van der Waals surface area contributed by atoms with E-state index in [2.05, 4.69) is 14.7 Å². The summed E-state index contributed by atoms with van der Waals surface area (Å²) in [5.41, 5.74) is 4.66.